The van der Waals surface area contributed by atoms with Crippen molar-refractivity contribution in [3.63, 3.8) is 0 Å². The van der Waals surface area contributed by atoms with E-state index in [1.807, 2.05) is 14.0 Å². The molecule has 88 valence electrons. The Hall–Kier alpha value is -0.610. The van der Waals surface area contributed by atoms with Crippen LogP contribution < -0.4 is 0 Å². The Balaban J connectivity index is 2.27. The quantitative estimate of drug-likeness (QED) is 0.682. The van der Waals surface area contributed by atoms with Crippen molar-refractivity contribution >= 4 is 5.91 Å². The molecule has 1 unspecified atom stereocenters. The Morgan fingerprint density at radius 3 is 2.87 bits per heavy atom. The molecule has 1 aliphatic rings. The molecule has 0 aromatic carbocycles. The minimum absolute atomic E-state index is 0.211. The molecule has 1 atom stereocenters. The number of hydrogen-bond acceptors (Lipinski definition) is 3. The Morgan fingerprint density at radius 1 is 1.53 bits per heavy atom. The van der Waals surface area contributed by atoms with Gasteiger partial charge in [-0.1, -0.05) is 13.8 Å². The molecule has 1 fully saturated rings. The van der Waals surface area contributed by atoms with Gasteiger partial charge in [0.05, 0.1) is 6.61 Å². The van der Waals surface area contributed by atoms with Crippen molar-refractivity contribution in [3.05, 3.63) is 0 Å². The van der Waals surface area contributed by atoms with E-state index in [1.165, 1.54) is 0 Å². The van der Waals surface area contributed by atoms with Crippen LogP contribution in [0.1, 0.15) is 26.7 Å². The highest BCUT2D eigenvalue weighted by Crippen LogP contribution is 2.12. The first-order valence-corrected chi connectivity index (χ1v) is 5.78. The first-order valence-electron chi connectivity index (χ1n) is 5.78. The fraction of sp³-hybridized carbons (Fsp3) is 0.909. The first-order chi connectivity index (χ1) is 7.19. The van der Waals surface area contributed by atoms with Crippen molar-refractivity contribution < 1.29 is 9.53 Å². The molecule has 0 bridgehead atoms. The van der Waals surface area contributed by atoms with Gasteiger partial charge in [-0.15, -0.1) is 0 Å². The maximum Gasteiger partial charge on any atom is 0.222 e. The van der Waals surface area contributed by atoms with Crippen LogP contribution in [-0.4, -0.2) is 55.2 Å². The fourth-order valence-electron chi connectivity index (χ4n) is 1.86. The van der Waals surface area contributed by atoms with E-state index in [0.717, 1.165) is 32.7 Å². The number of carbonyl (C=O) groups is 1. The zero-order chi connectivity index (χ0) is 11.3. The summed E-state index contributed by atoms with van der Waals surface area (Å²) in [5.74, 6) is 0.211. The summed E-state index contributed by atoms with van der Waals surface area (Å²) in [6, 6.07) is 0. The van der Waals surface area contributed by atoms with Crippen molar-refractivity contribution in [2.24, 2.45) is 0 Å². The Kier molecular flexibility index (Phi) is 5.05. The van der Waals surface area contributed by atoms with Crippen LogP contribution in [0.25, 0.3) is 0 Å². The summed E-state index contributed by atoms with van der Waals surface area (Å²) in [4.78, 5) is 15.4. The fourth-order valence-corrected chi connectivity index (χ4v) is 1.86. The summed E-state index contributed by atoms with van der Waals surface area (Å²) < 4.78 is 5.56. The molecule has 15 heavy (non-hydrogen) atoms. The maximum absolute atomic E-state index is 11.3. The third kappa shape index (κ3) is 3.47. The summed E-state index contributed by atoms with van der Waals surface area (Å²) >= 11 is 0. The highest BCUT2D eigenvalue weighted by atomic mass is 16.5. The molecule has 0 aromatic rings. The van der Waals surface area contributed by atoms with Gasteiger partial charge in [-0.25, -0.2) is 0 Å². The number of carbonyl (C=O) groups excluding carboxylic acids is 1. The van der Waals surface area contributed by atoms with Crippen LogP contribution in [0.2, 0.25) is 0 Å². The van der Waals surface area contributed by atoms with Crippen LogP contribution in [0, 0.1) is 0 Å². The Labute approximate surface area is 92.2 Å². The van der Waals surface area contributed by atoms with Gasteiger partial charge >= 0.3 is 0 Å². The van der Waals surface area contributed by atoms with E-state index >= 15 is 0 Å². The molecule has 1 amide bonds. The van der Waals surface area contributed by atoms with Crippen molar-refractivity contribution in [1.82, 2.24) is 9.80 Å². The number of hydrogen-bond donors (Lipinski definition) is 0. The standard InChI is InChI=1S/C11H22N2O2/c1-4-10(14)12(3)6-7-13-8-9-15-11(13)5-2/h11H,4-9H2,1-3H3. The molecule has 1 rings (SSSR count). The van der Waals surface area contributed by atoms with Gasteiger partial charge in [0, 0.05) is 33.1 Å². The number of rotatable bonds is 5. The predicted molar refractivity (Wildman–Crippen MR) is 59.5 cm³/mol. The van der Waals surface area contributed by atoms with Crippen molar-refractivity contribution in [2.45, 2.75) is 32.9 Å². The predicted octanol–water partition coefficient (Wildman–Crippen LogP) is 0.923. The lowest BCUT2D eigenvalue weighted by Crippen LogP contribution is -2.38. The van der Waals surface area contributed by atoms with Crippen LogP contribution in [0.15, 0.2) is 0 Å². The third-order valence-corrected chi connectivity index (χ3v) is 2.90. The number of amides is 1. The number of likely N-dealkylation sites (N-methyl/N-ethyl adjacent to an activating group) is 1. The summed E-state index contributed by atoms with van der Waals surface area (Å²) in [6.45, 7) is 7.56. The van der Waals surface area contributed by atoms with Crippen molar-refractivity contribution in [3.8, 4) is 0 Å². The van der Waals surface area contributed by atoms with E-state index in [0.29, 0.717) is 6.42 Å². The second-order valence-corrected chi connectivity index (χ2v) is 3.94. The zero-order valence-corrected chi connectivity index (χ0v) is 10.0. The molecule has 4 nitrogen and oxygen atoms in total. The van der Waals surface area contributed by atoms with E-state index < -0.39 is 0 Å². The number of ether oxygens (including phenoxy) is 1. The van der Waals surface area contributed by atoms with Gasteiger partial charge in [0.25, 0.3) is 0 Å². The SMILES string of the molecule is CCC(=O)N(C)CCN1CCOC1CC. The molecular formula is C11H22N2O2. The van der Waals surface area contributed by atoms with E-state index in [2.05, 4.69) is 11.8 Å². The molecular weight excluding hydrogens is 192 g/mol. The molecule has 0 spiro atoms. The Morgan fingerprint density at radius 2 is 2.27 bits per heavy atom. The maximum atomic E-state index is 11.3. The van der Waals surface area contributed by atoms with Gasteiger partial charge < -0.3 is 9.64 Å². The largest absolute Gasteiger partial charge is 0.362 e. The van der Waals surface area contributed by atoms with Gasteiger partial charge in [0.15, 0.2) is 0 Å². The molecule has 0 aliphatic carbocycles. The van der Waals surface area contributed by atoms with Crippen LogP contribution in [0.3, 0.4) is 0 Å². The molecule has 1 saturated heterocycles. The topological polar surface area (TPSA) is 32.8 Å². The lowest BCUT2D eigenvalue weighted by molar-refractivity contribution is -0.129. The lowest BCUT2D eigenvalue weighted by Gasteiger charge is -2.24. The smallest absolute Gasteiger partial charge is 0.222 e. The van der Waals surface area contributed by atoms with Gasteiger partial charge in [0.2, 0.25) is 5.91 Å². The number of nitrogens with zero attached hydrogens (tertiary/aromatic N) is 2. The van der Waals surface area contributed by atoms with Crippen LogP contribution in [0.5, 0.6) is 0 Å². The van der Waals surface area contributed by atoms with Crippen molar-refractivity contribution in [2.75, 3.05) is 33.3 Å². The van der Waals surface area contributed by atoms with Gasteiger partial charge in [0.1, 0.15) is 6.23 Å². The second kappa shape index (κ2) is 6.08. The normalized spacial score (nSPS) is 21.9. The van der Waals surface area contributed by atoms with E-state index in [9.17, 15) is 4.79 Å². The summed E-state index contributed by atoms with van der Waals surface area (Å²) in [5, 5.41) is 0. The highest BCUT2D eigenvalue weighted by Gasteiger charge is 2.23. The molecule has 0 N–H and O–H groups in total. The zero-order valence-electron chi connectivity index (χ0n) is 10.0. The summed E-state index contributed by atoms with van der Waals surface area (Å²) in [7, 11) is 1.86. The van der Waals surface area contributed by atoms with Crippen LogP contribution in [0.4, 0.5) is 0 Å². The lowest BCUT2D eigenvalue weighted by atomic mass is 10.3. The molecule has 0 aromatic heterocycles. The first kappa shape index (κ1) is 12.5. The highest BCUT2D eigenvalue weighted by molar-refractivity contribution is 5.75. The molecule has 1 heterocycles. The molecule has 0 radical (unpaired) electrons. The monoisotopic (exact) mass is 214 g/mol. The van der Waals surface area contributed by atoms with Crippen LogP contribution in [-0.2, 0) is 9.53 Å². The van der Waals surface area contributed by atoms with Gasteiger partial charge in [-0.3, -0.25) is 9.69 Å². The van der Waals surface area contributed by atoms with E-state index in [4.69, 9.17) is 4.74 Å². The third-order valence-electron chi connectivity index (χ3n) is 2.90. The van der Waals surface area contributed by atoms with Crippen LogP contribution >= 0.6 is 0 Å². The molecule has 0 saturated carbocycles. The molecule has 1 aliphatic heterocycles. The Bertz CT molecular complexity index is 209. The van der Waals surface area contributed by atoms with E-state index in [-0.39, 0.29) is 12.1 Å². The average Bonchev–Trinajstić information content (AvgIpc) is 2.71. The van der Waals surface area contributed by atoms with Crippen molar-refractivity contribution in [1.29, 1.82) is 0 Å². The summed E-state index contributed by atoms with van der Waals surface area (Å²) in [5.41, 5.74) is 0. The van der Waals surface area contributed by atoms with Gasteiger partial charge in [-0.05, 0) is 6.42 Å². The molecule has 4 heteroatoms. The van der Waals surface area contributed by atoms with Gasteiger partial charge in [-0.2, -0.15) is 0 Å². The van der Waals surface area contributed by atoms with E-state index in [1.54, 1.807) is 4.90 Å². The second-order valence-electron chi connectivity index (χ2n) is 3.94. The minimum Gasteiger partial charge on any atom is -0.362 e. The minimum atomic E-state index is 0.211. The summed E-state index contributed by atoms with van der Waals surface area (Å²) in [6.07, 6.45) is 1.87. The average molecular weight is 214 g/mol.